The van der Waals surface area contributed by atoms with Crippen LogP contribution in [-0.2, 0) is 11.3 Å². The Labute approximate surface area is 106 Å². The fourth-order valence-electron chi connectivity index (χ4n) is 1.72. The number of hydrogen-bond donors (Lipinski definition) is 0. The molecule has 0 N–H and O–H groups in total. The normalized spacial score (nSPS) is 10.3. The van der Waals surface area contributed by atoms with Gasteiger partial charge in [0.15, 0.2) is 0 Å². The van der Waals surface area contributed by atoms with Gasteiger partial charge in [0.1, 0.15) is 18.1 Å². The summed E-state index contributed by atoms with van der Waals surface area (Å²) in [5.74, 6) is -0.278. The van der Waals surface area contributed by atoms with Crippen molar-refractivity contribution < 1.29 is 14.1 Å². The standard InChI is InChI=1S/C14H17N2O2/c1-3-15-9-10-16(11-15)13-7-5-12(6-8-13)14(17)18-4-2/h5-11H,3-4H2,1-2H3/q+1. The summed E-state index contributed by atoms with van der Waals surface area (Å²) in [5, 5.41) is 0. The van der Waals surface area contributed by atoms with Crippen molar-refractivity contribution in [3.05, 3.63) is 48.5 Å². The van der Waals surface area contributed by atoms with Crippen molar-refractivity contribution in [3.63, 3.8) is 0 Å². The third-order valence-electron chi connectivity index (χ3n) is 2.73. The van der Waals surface area contributed by atoms with E-state index in [0.717, 1.165) is 12.2 Å². The minimum Gasteiger partial charge on any atom is -0.462 e. The lowest BCUT2D eigenvalue weighted by molar-refractivity contribution is -0.692. The van der Waals surface area contributed by atoms with Gasteiger partial charge in [0.05, 0.1) is 18.7 Å². The number of aromatic nitrogens is 2. The first kappa shape index (κ1) is 12.4. The molecule has 1 aromatic heterocycles. The van der Waals surface area contributed by atoms with Crippen LogP contribution in [0.25, 0.3) is 5.69 Å². The molecule has 94 valence electrons. The van der Waals surface area contributed by atoms with E-state index in [1.807, 2.05) is 35.4 Å². The summed E-state index contributed by atoms with van der Waals surface area (Å²) in [6.07, 6.45) is 6.02. The topological polar surface area (TPSA) is 35.1 Å². The Morgan fingerprint density at radius 1 is 1.28 bits per heavy atom. The average Bonchev–Trinajstić information content (AvgIpc) is 2.88. The maximum absolute atomic E-state index is 11.5. The lowest BCUT2D eigenvalue weighted by Gasteiger charge is -2.01. The predicted octanol–water partition coefficient (Wildman–Crippen LogP) is 1.96. The van der Waals surface area contributed by atoms with Crippen LogP contribution in [0.5, 0.6) is 0 Å². The molecule has 0 saturated carbocycles. The van der Waals surface area contributed by atoms with Crippen LogP contribution in [-0.4, -0.2) is 17.1 Å². The van der Waals surface area contributed by atoms with Gasteiger partial charge >= 0.3 is 5.97 Å². The molecule has 1 aromatic carbocycles. The van der Waals surface area contributed by atoms with Crippen LogP contribution in [0.4, 0.5) is 0 Å². The van der Waals surface area contributed by atoms with E-state index < -0.39 is 0 Å². The third kappa shape index (κ3) is 2.59. The molecule has 0 radical (unpaired) electrons. The molecule has 0 saturated heterocycles. The third-order valence-corrected chi connectivity index (χ3v) is 2.73. The Bertz CT molecular complexity index is 529. The number of esters is 1. The van der Waals surface area contributed by atoms with Crippen molar-refractivity contribution >= 4 is 5.97 Å². The van der Waals surface area contributed by atoms with Crippen LogP contribution in [0, 0.1) is 0 Å². The van der Waals surface area contributed by atoms with Gasteiger partial charge in [-0.15, -0.1) is 0 Å². The lowest BCUT2D eigenvalue weighted by atomic mass is 10.2. The minimum absolute atomic E-state index is 0.278. The molecule has 4 heteroatoms. The lowest BCUT2D eigenvalue weighted by Crippen LogP contribution is -2.28. The monoisotopic (exact) mass is 245 g/mol. The second-order valence-corrected chi connectivity index (χ2v) is 3.92. The summed E-state index contributed by atoms with van der Waals surface area (Å²) >= 11 is 0. The van der Waals surface area contributed by atoms with Gasteiger partial charge in [0, 0.05) is 0 Å². The number of benzene rings is 1. The number of hydrogen-bond acceptors (Lipinski definition) is 2. The largest absolute Gasteiger partial charge is 0.462 e. The molecule has 0 amide bonds. The van der Waals surface area contributed by atoms with Crippen molar-refractivity contribution in [2.45, 2.75) is 20.4 Å². The number of aryl methyl sites for hydroxylation is 1. The molecular formula is C14H17N2O2+. The number of rotatable bonds is 4. The molecular weight excluding hydrogens is 228 g/mol. The number of nitrogens with zero attached hydrogens (tertiary/aromatic N) is 2. The van der Waals surface area contributed by atoms with Crippen molar-refractivity contribution in [3.8, 4) is 5.69 Å². The van der Waals surface area contributed by atoms with Crippen LogP contribution in [0.15, 0.2) is 43.0 Å². The van der Waals surface area contributed by atoms with Crippen molar-refractivity contribution in [1.82, 2.24) is 4.57 Å². The minimum atomic E-state index is -0.278. The summed E-state index contributed by atoms with van der Waals surface area (Å²) in [4.78, 5) is 11.5. The second kappa shape index (κ2) is 5.49. The van der Waals surface area contributed by atoms with Crippen LogP contribution < -0.4 is 4.57 Å². The number of imidazole rings is 1. The Morgan fingerprint density at radius 2 is 2.00 bits per heavy atom. The zero-order chi connectivity index (χ0) is 13.0. The first-order valence-corrected chi connectivity index (χ1v) is 6.09. The van der Waals surface area contributed by atoms with Crippen LogP contribution in [0.2, 0.25) is 0 Å². The van der Waals surface area contributed by atoms with Gasteiger partial charge < -0.3 is 4.74 Å². The molecule has 0 fully saturated rings. The van der Waals surface area contributed by atoms with Crippen molar-refractivity contribution in [2.75, 3.05) is 6.61 Å². The molecule has 2 aromatic rings. The molecule has 18 heavy (non-hydrogen) atoms. The number of carbonyl (C=O) groups excluding carboxylic acids is 1. The molecule has 0 spiro atoms. The fourth-order valence-corrected chi connectivity index (χ4v) is 1.72. The zero-order valence-corrected chi connectivity index (χ0v) is 10.7. The van der Waals surface area contributed by atoms with E-state index in [9.17, 15) is 4.79 Å². The fraction of sp³-hybridized carbons (Fsp3) is 0.286. The SMILES string of the molecule is CCOC(=O)c1ccc(-n2cc[n+](CC)c2)cc1. The molecule has 0 aliphatic rings. The summed E-state index contributed by atoms with van der Waals surface area (Å²) in [7, 11) is 0. The van der Waals surface area contributed by atoms with Crippen LogP contribution in [0.1, 0.15) is 24.2 Å². The summed E-state index contributed by atoms with van der Waals surface area (Å²) in [5.41, 5.74) is 1.60. The molecule has 1 heterocycles. The molecule has 0 unspecified atom stereocenters. The van der Waals surface area contributed by atoms with Gasteiger partial charge in [-0.2, -0.15) is 0 Å². The van der Waals surface area contributed by atoms with Crippen LogP contribution in [0.3, 0.4) is 0 Å². The van der Waals surface area contributed by atoms with Crippen molar-refractivity contribution in [1.29, 1.82) is 0 Å². The van der Waals surface area contributed by atoms with E-state index in [2.05, 4.69) is 11.5 Å². The summed E-state index contributed by atoms with van der Waals surface area (Å²) in [6, 6.07) is 7.38. The highest BCUT2D eigenvalue weighted by atomic mass is 16.5. The first-order valence-electron chi connectivity index (χ1n) is 6.09. The van der Waals surface area contributed by atoms with Gasteiger partial charge in [0.25, 0.3) is 0 Å². The number of ether oxygens (including phenoxy) is 1. The van der Waals surface area contributed by atoms with Gasteiger partial charge in [-0.1, -0.05) is 0 Å². The van der Waals surface area contributed by atoms with E-state index in [1.165, 1.54) is 0 Å². The van der Waals surface area contributed by atoms with E-state index in [1.54, 1.807) is 19.1 Å². The Morgan fingerprint density at radius 3 is 2.56 bits per heavy atom. The molecule has 0 atom stereocenters. The molecule has 0 aliphatic carbocycles. The molecule has 4 nitrogen and oxygen atoms in total. The highest BCUT2D eigenvalue weighted by molar-refractivity contribution is 5.89. The van der Waals surface area contributed by atoms with Gasteiger partial charge in [0.2, 0.25) is 6.33 Å². The van der Waals surface area contributed by atoms with E-state index in [-0.39, 0.29) is 5.97 Å². The smallest absolute Gasteiger partial charge is 0.338 e. The van der Waals surface area contributed by atoms with Crippen molar-refractivity contribution in [2.24, 2.45) is 0 Å². The Balaban J connectivity index is 2.19. The summed E-state index contributed by atoms with van der Waals surface area (Å²) < 4.78 is 9.04. The maximum atomic E-state index is 11.5. The first-order chi connectivity index (χ1) is 8.74. The van der Waals surface area contributed by atoms with Crippen LogP contribution >= 0.6 is 0 Å². The Hall–Kier alpha value is -2.10. The zero-order valence-electron chi connectivity index (χ0n) is 10.7. The molecule has 0 bridgehead atoms. The average molecular weight is 245 g/mol. The van der Waals surface area contributed by atoms with E-state index in [4.69, 9.17) is 4.74 Å². The van der Waals surface area contributed by atoms with Gasteiger partial charge in [-0.05, 0) is 38.1 Å². The molecule has 0 aliphatic heterocycles. The highest BCUT2D eigenvalue weighted by Crippen LogP contribution is 2.09. The Kier molecular flexibility index (Phi) is 3.77. The maximum Gasteiger partial charge on any atom is 0.338 e. The van der Waals surface area contributed by atoms with Gasteiger partial charge in [-0.25, -0.2) is 13.9 Å². The van der Waals surface area contributed by atoms with E-state index in [0.29, 0.717) is 12.2 Å². The van der Waals surface area contributed by atoms with E-state index >= 15 is 0 Å². The highest BCUT2D eigenvalue weighted by Gasteiger charge is 2.09. The quantitative estimate of drug-likeness (QED) is 0.609. The predicted molar refractivity (Wildman–Crippen MR) is 67.6 cm³/mol. The molecule has 2 rings (SSSR count). The number of carbonyl (C=O) groups is 1. The second-order valence-electron chi connectivity index (χ2n) is 3.92. The summed E-state index contributed by atoms with van der Waals surface area (Å²) in [6.45, 7) is 5.23. The van der Waals surface area contributed by atoms with Gasteiger partial charge in [-0.3, -0.25) is 0 Å².